The average molecular weight is 364 g/mol. The number of imide groups is 1. The van der Waals surface area contributed by atoms with Gasteiger partial charge in [-0.25, -0.2) is 4.79 Å². The summed E-state index contributed by atoms with van der Waals surface area (Å²) < 4.78 is 0. The first-order valence-corrected chi connectivity index (χ1v) is 9.09. The number of nitrogens with zero attached hydrogens (tertiary/aromatic N) is 1. The van der Waals surface area contributed by atoms with Gasteiger partial charge in [0.05, 0.1) is 4.88 Å². The van der Waals surface area contributed by atoms with Gasteiger partial charge in [0.15, 0.2) is 0 Å². The van der Waals surface area contributed by atoms with Crippen molar-refractivity contribution in [1.82, 2.24) is 21.1 Å². The van der Waals surface area contributed by atoms with Crippen molar-refractivity contribution in [2.75, 3.05) is 6.54 Å². The maximum absolute atomic E-state index is 12.7. The summed E-state index contributed by atoms with van der Waals surface area (Å²) in [6.07, 6.45) is 3.35. The van der Waals surface area contributed by atoms with E-state index in [-0.39, 0.29) is 11.8 Å². The van der Waals surface area contributed by atoms with Gasteiger partial charge in [0.2, 0.25) is 0 Å². The smallest absolute Gasteiger partial charge is 0.323 e. The minimum absolute atomic E-state index is 0.0318. The molecule has 1 saturated heterocycles. The highest BCUT2D eigenvalue weighted by Gasteiger charge is 2.55. The van der Waals surface area contributed by atoms with Gasteiger partial charge in [-0.2, -0.15) is 0 Å². The van der Waals surface area contributed by atoms with Crippen LogP contribution >= 0.6 is 11.3 Å². The van der Waals surface area contributed by atoms with Crippen LogP contribution in [-0.2, 0) is 9.59 Å². The molecular weight excluding hydrogens is 344 g/mol. The van der Waals surface area contributed by atoms with E-state index < -0.39 is 29.9 Å². The summed E-state index contributed by atoms with van der Waals surface area (Å²) in [5.41, 5.74) is 3.61. The molecule has 5 amide bonds. The fraction of sp³-hybridized carbons (Fsp3) is 0.500. The molecule has 1 saturated carbocycles. The molecule has 2 heterocycles. The van der Waals surface area contributed by atoms with Gasteiger partial charge < -0.3 is 5.32 Å². The van der Waals surface area contributed by atoms with Crippen LogP contribution in [0.15, 0.2) is 17.5 Å². The Kier molecular flexibility index (Phi) is 4.76. The van der Waals surface area contributed by atoms with Gasteiger partial charge >= 0.3 is 6.03 Å². The predicted octanol–water partition coefficient (Wildman–Crippen LogP) is 1.01. The minimum atomic E-state index is -0.893. The van der Waals surface area contributed by atoms with Crippen molar-refractivity contribution < 1.29 is 19.2 Å². The second kappa shape index (κ2) is 6.83. The molecule has 1 spiro atoms. The molecule has 2 atom stereocenters. The Labute approximate surface area is 148 Å². The maximum Gasteiger partial charge on any atom is 0.325 e. The molecule has 9 heteroatoms. The third-order valence-electron chi connectivity index (χ3n) is 4.86. The number of carbonyl (C=O) groups excluding carboxylic acids is 4. The number of carbonyl (C=O) groups is 4. The summed E-state index contributed by atoms with van der Waals surface area (Å²) in [4.78, 5) is 50.1. The van der Waals surface area contributed by atoms with E-state index in [1.165, 1.54) is 11.3 Å². The zero-order chi connectivity index (χ0) is 18.0. The molecule has 0 radical (unpaired) electrons. The lowest BCUT2D eigenvalue weighted by Gasteiger charge is -2.36. The molecule has 1 aliphatic carbocycles. The summed E-state index contributed by atoms with van der Waals surface area (Å²) in [6, 6.07) is 2.79. The van der Waals surface area contributed by atoms with Gasteiger partial charge in [-0.15, -0.1) is 11.3 Å². The normalized spacial score (nSPS) is 25.8. The van der Waals surface area contributed by atoms with Crippen molar-refractivity contribution in [2.45, 2.75) is 38.1 Å². The number of thiophene rings is 1. The van der Waals surface area contributed by atoms with E-state index in [2.05, 4.69) is 16.2 Å². The monoisotopic (exact) mass is 364 g/mol. The number of hydrogen-bond acceptors (Lipinski definition) is 5. The Balaban J connectivity index is 1.58. The molecule has 1 aromatic heterocycles. The molecule has 134 valence electrons. The van der Waals surface area contributed by atoms with Crippen LogP contribution in [0.1, 0.15) is 42.3 Å². The summed E-state index contributed by atoms with van der Waals surface area (Å²) >= 11 is 1.24. The van der Waals surface area contributed by atoms with Crippen LogP contribution in [0.3, 0.4) is 0 Å². The largest absolute Gasteiger partial charge is 0.325 e. The number of rotatable bonds is 3. The van der Waals surface area contributed by atoms with Crippen molar-refractivity contribution in [3.8, 4) is 0 Å². The standard InChI is InChI=1S/C16H20N4O4S/c1-10-5-2-3-7-16(10)14(23)20(15(24)17-16)9-12(21)18-19-13(22)11-6-4-8-25-11/h4,6,8,10H,2-3,5,7,9H2,1H3,(H,17,24)(H,18,21)(H,19,22). The van der Waals surface area contributed by atoms with Crippen LogP contribution in [0.2, 0.25) is 0 Å². The number of urea groups is 1. The van der Waals surface area contributed by atoms with Crippen molar-refractivity contribution in [3.05, 3.63) is 22.4 Å². The Hall–Kier alpha value is -2.42. The van der Waals surface area contributed by atoms with E-state index in [1.54, 1.807) is 17.5 Å². The van der Waals surface area contributed by atoms with Gasteiger partial charge in [0.25, 0.3) is 17.7 Å². The molecule has 3 N–H and O–H groups in total. The molecule has 0 aromatic carbocycles. The van der Waals surface area contributed by atoms with E-state index in [0.717, 1.165) is 24.2 Å². The van der Waals surface area contributed by atoms with E-state index in [1.807, 2.05) is 6.92 Å². The third-order valence-corrected chi connectivity index (χ3v) is 5.73. The quantitative estimate of drug-likeness (QED) is 0.549. The average Bonchev–Trinajstić information content (AvgIpc) is 3.20. The zero-order valence-electron chi connectivity index (χ0n) is 13.8. The molecule has 8 nitrogen and oxygen atoms in total. The predicted molar refractivity (Wildman–Crippen MR) is 90.5 cm³/mol. The molecule has 2 fully saturated rings. The van der Waals surface area contributed by atoms with Crippen molar-refractivity contribution in [3.63, 3.8) is 0 Å². The maximum atomic E-state index is 12.7. The summed E-state index contributed by atoms with van der Waals surface area (Å²) in [5.74, 6) is -1.40. The molecule has 3 rings (SSSR count). The van der Waals surface area contributed by atoms with Crippen LogP contribution in [0, 0.1) is 5.92 Å². The van der Waals surface area contributed by atoms with Crippen molar-refractivity contribution in [2.24, 2.45) is 5.92 Å². The van der Waals surface area contributed by atoms with E-state index >= 15 is 0 Å². The van der Waals surface area contributed by atoms with E-state index in [9.17, 15) is 19.2 Å². The molecule has 1 aromatic rings. The number of nitrogens with one attached hydrogen (secondary N) is 3. The number of hydrogen-bond donors (Lipinski definition) is 3. The molecule has 2 unspecified atom stereocenters. The van der Waals surface area contributed by atoms with Gasteiger partial charge in [0, 0.05) is 0 Å². The first-order chi connectivity index (χ1) is 11.9. The SMILES string of the molecule is CC1CCCCC12NC(=O)N(CC(=O)NNC(=O)c1cccs1)C2=O. The van der Waals surface area contributed by atoms with Crippen molar-refractivity contribution >= 4 is 35.1 Å². The molecular formula is C16H20N4O4S. The van der Waals surface area contributed by atoms with Gasteiger partial charge in [-0.3, -0.25) is 30.1 Å². The summed E-state index contributed by atoms with van der Waals surface area (Å²) in [6.45, 7) is 1.52. The summed E-state index contributed by atoms with van der Waals surface area (Å²) in [7, 11) is 0. The van der Waals surface area contributed by atoms with Crippen LogP contribution in [0.5, 0.6) is 0 Å². The highest BCUT2D eigenvalue weighted by Crippen LogP contribution is 2.38. The van der Waals surface area contributed by atoms with Gasteiger partial charge in [-0.1, -0.05) is 25.8 Å². The van der Waals surface area contributed by atoms with E-state index in [0.29, 0.717) is 11.3 Å². The minimum Gasteiger partial charge on any atom is -0.323 e. The number of hydrazine groups is 1. The van der Waals surface area contributed by atoms with Crippen LogP contribution < -0.4 is 16.2 Å². The fourth-order valence-corrected chi connectivity index (χ4v) is 4.04. The van der Waals surface area contributed by atoms with Crippen LogP contribution in [0.25, 0.3) is 0 Å². The lowest BCUT2D eigenvalue weighted by Crippen LogP contribution is -2.54. The first kappa shape index (κ1) is 17.4. The Morgan fingerprint density at radius 1 is 1.36 bits per heavy atom. The molecule has 1 aliphatic heterocycles. The highest BCUT2D eigenvalue weighted by atomic mass is 32.1. The second-order valence-corrected chi connectivity index (χ2v) is 7.37. The molecule has 25 heavy (non-hydrogen) atoms. The van der Waals surface area contributed by atoms with Gasteiger partial charge in [-0.05, 0) is 30.2 Å². The van der Waals surface area contributed by atoms with Crippen LogP contribution in [-0.4, -0.2) is 40.7 Å². The van der Waals surface area contributed by atoms with Crippen molar-refractivity contribution in [1.29, 1.82) is 0 Å². The molecule has 2 aliphatic rings. The Morgan fingerprint density at radius 3 is 2.84 bits per heavy atom. The third kappa shape index (κ3) is 3.23. The highest BCUT2D eigenvalue weighted by molar-refractivity contribution is 7.12. The Morgan fingerprint density at radius 2 is 2.16 bits per heavy atom. The van der Waals surface area contributed by atoms with Gasteiger partial charge in [0.1, 0.15) is 12.1 Å². The topological polar surface area (TPSA) is 108 Å². The lowest BCUT2D eigenvalue weighted by molar-refractivity contribution is -0.137. The first-order valence-electron chi connectivity index (χ1n) is 8.21. The van der Waals surface area contributed by atoms with Crippen LogP contribution in [0.4, 0.5) is 4.79 Å². The lowest BCUT2D eigenvalue weighted by atomic mass is 9.73. The molecule has 0 bridgehead atoms. The van der Waals surface area contributed by atoms with E-state index in [4.69, 9.17) is 0 Å². The number of amides is 5. The fourth-order valence-electron chi connectivity index (χ4n) is 3.42. The zero-order valence-corrected chi connectivity index (χ0v) is 14.6. The Bertz CT molecular complexity index is 705. The second-order valence-electron chi connectivity index (χ2n) is 6.42. The summed E-state index contributed by atoms with van der Waals surface area (Å²) in [5, 5.41) is 4.53.